The molecule has 0 fully saturated rings. The summed E-state index contributed by atoms with van der Waals surface area (Å²) in [6.45, 7) is 8.52. The van der Waals surface area contributed by atoms with Crippen molar-refractivity contribution < 1.29 is 14.7 Å². The first-order valence-corrected chi connectivity index (χ1v) is 12.2. The lowest BCUT2D eigenvalue weighted by molar-refractivity contribution is -0.119. The molecule has 1 N–H and O–H groups in total. The molecule has 5 rings (SSSR count). The SMILES string of the molecule is CC1(C)CC(=O)C2=C(C1)N(c1ccc(Cl)cc1)C1=C(C(=O)CC(C)(C)C1)C2c1ccc(O)cc1. The topological polar surface area (TPSA) is 57.6 Å². The number of ketones is 2. The molecule has 5 heteroatoms. The molecule has 0 atom stereocenters. The minimum absolute atomic E-state index is 0.0903. The molecule has 1 heterocycles. The minimum Gasteiger partial charge on any atom is -0.508 e. The fourth-order valence-corrected chi connectivity index (χ4v) is 5.99. The normalized spacial score (nSPS) is 22.1. The van der Waals surface area contributed by atoms with Crippen molar-refractivity contribution in [3.05, 3.63) is 81.7 Å². The van der Waals surface area contributed by atoms with Crippen LogP contribution < -0.4 is 4.90 Å². The number of carbonyl (C=O) groups is 2. The lowest BCUT2D eigenvalue weighted by Crippen LogP contribution is -2.44. The number of nitrogens with zero attached hydrogens (tertiary/aromatic N) is 1. The van der Waals surface area contributed by atoms with Gasteiger partial charge in [0.2, 0.25) is 0 Å². The molecule has 2 aliphatic carbocycles. The van der Waals surface area contributed by atoms with Crippen LogP contribution in [0.4, 0.5) is 5.69 Å². The van der Waals surface area contributed by atoms with Crippen LogP contribution in [-0.4, -0.2) is 16.7 Å². The quantitative estimate of drug-likeness (QED) is 0.511. The highest BCUT2D eigenvalue weighted by molar-refractivity contribution is 6.30. The Kier molecular flexibility index (Phi) is 5.29. The third-order valence-electron chi connectivity index (χ3n) is 7.22. The van der Waals surface area contributed by atoms with Gasteiger partial charge in [-0.3, -0.25) is 9.59 Å². The molecule has 0 amide bonds. The first kappa shape index (κ1) is 22.9. The molecule has 0 bridgehead atoms. The van der Waals surface area contributed by atoms with Crippen LogP contribution in [0.15, 0.2) is 71.1 Å². The van der Waals surface area contributed by atoms with E-state index in [1.54, 1.807) is 12.1 Å². The van der Waals surface area contributed by atoms with Crippen molar-refractivity contribution in [1.82, 2.24) is 0 Å². The van der Waals surface area contributed by atoms with Gasteiger partial charge in [0.15, 0.2) is 11.6 Å². The van der Waals surface area contributed by atoms with Crippen molar-refractivity contribution in [2.75, 3.05) is 4.90 Å². The number of rotatable bonds is 2. The van der Waals surface area contributed by atoms with Crippen LogP contribution in [-0.2, 0) is 9.59 Å². The maximum atomic E-state index is 13.7. The smallest absolute Gasteiger partial charge is 0.162 e. The molecule has 0 spiro atoms. The molecule has 0 saturated heterocycles. The highest BCUT2D eigenvalue weighted by atomic mass is 35.5. The molecule has 176 valence electrons. The number of phenolic OH excluding ortho intramolecular Hbond substituents is 1. The Labute approximate surface area is 205 Å². The summed E-state index contributed by atoms with van der Waals surface area (Å²) in [5.74, 6) is -0.0701. The molecule has 4 nitrogen and oxygen atoms in total. The second-order valence-corrected chi connectivity index (χ2v) is 11.9. The lowest BCUT2D eigenvalue weighted by Gasteiger charge is -2.49. The summed E-state index contributed by atoms with van der Waals surface area (Å²) in [4.78, 5) is 29.7. The van der Waals surface area contributed by atoms with Crippen molar-refractivity contribution in [2.24, 2.45) is 10.8 Å². The first-order valence-electron chi connectivity index (χ1n) is 11.8. The van der Waals surface area contributed by atoms with Crippen LogP contribution in [0.25, 0.3) is 0 Å². The van der Waals surface area contributed by atoms with E-state index in [0.29, 0.717) is 29.0 Å². The average Bonchev–Trinajstić information content (AvgIpc) is 2.72. The van der Waals surface area contributed by atoms with Crippen molar-refractivity contribution >= 4 is 28.9 Å². The maximum absolute atomic E-state index is 13.7. The summed E-state index contributed by atoms with van der Waals surface area (Å²) in [5, 5.41) is 10.5. The molecule has 0 saturated carbocycles. The summed E-state index contributed by atoms with van der Waals surface area (Å²) in [6, 6.07) is 14.6. The molecule has 34 heavy (non-hydrogen) atoms. The number of aromatic hydroxyl groups is 1. The van der Waals surface area contributed by atoms with E-state index in [9.17, 15) is 14.7 Å². The Balaban J connectivity index is 1.82. The molecule has 2 aromatic carbocycles. The van der Waals surface area contributed by atoms with Gasteiger partial charge < -0.3 is 10.0 Å². The minimum atomic E-state index is -0.415. The Hall–Kier alpha value is -2.85. The van der Waals surface area contributed by atoms with Gasteiger partial charge in [0.25, 0.3) is 0 Å². The van der Waals surface area contributed by atoms with Crippen LogP contribution in [0.5, 0.6) is 5.75 Å². The molecule has 0 aromatic heterocycles. The van der Waals surface area contributed by atoms with Gasteiger partial charge in [-0.2, -0.15) is 0 Å². The van der Waals surface area contributed by atoms with Crippen molar-refractivity contribution in [1.29, 1.82) is 0 Å². The second-order valence-electron chi connectivity index (χ2n) is 11.4. The summed E-state index contributed by atoms with van der Waals surface area (Å²) in [5.41, 5.74) is 4.80. The van der Waals surface area contributed by atoms with Gasteiger partial charge in [-0.05, 0) is 65.6 Å². The van der Waals surface area contributed by atoms with Crippen molar-refractivity contribution in [3.63, 3.8) is 0 Å². The molecule has 0 radical (unpaired) electrons. The molecule has 1 aliphatic heterocycles. The molecular weight excluding hydrogens is 446 g/mol. The molecule has 0 unspecified atom stereocenters. The first-order chi connectivity index (χ1) is 16.0. The standard InChI is InChI=1S/C29H30ClNO3/c1-28(2)13-21-26(23(33)15-28)25(17-5-11-20(32)12-6-17)27-22(14-29(3,4)16-24(27)34)31(21)19-9-7-18(30)8-10-19/h5-12,25,32H,13-16H2,1-4H3. The van der Waals surface area contributed by atoms with Crippen molar-refractivity contribution in [2.45, 2.75) is 59.3 Å². The average molecular weight is 476 g/mol. The number of anilines is 1. The van der Waals surface area contributed by atoms with E-state index >= 15 is 0 Å². The van der Waals surface area contributed by atoms with E-state index in [2.05, 4.69) is 32.6 Å². The Morgan fingerprint density at radius 2 is 1.24 bits per heavy atom. The number of allylic oxidation sites excluding steroid dienone is 4. The van der Waals surface area contributed by atoms with Gasteiger partial charge in [-0.1, -0.05) is 51.4 Å². The summed E-state index contributed by atoms with van der Waals surface area (Å²) in [6.07, 6.45) is 2.35. The third kappa shape index (κ3) is 3.88. The predicted octanol–water partition coefficient (Wildman–Crippen LogP) is 6.94. The fraction of sp³-hybridized carbons (Fsp3) is 0.379. The molecule has 2 aromatic rings. The second kappa shape index (κ2) is 7.84. The van der Waals surface area contributed by atoms with E-state index in [-0.39, 0.29) is 28.1 Å². The summed E-state index contributed by atoms with van der Waals surface area (Å²) in [7, 11) is 0. The van der Waals surface area contributed by atoms with Crippen LogP contribution in [0.3, 0.4) is 0 Å². The van der Waals surface area contributed by atoms with E-state index in [4.69, 9.17) is 11.6 Å². The van der Waals surface area contributed by atoms with Gasteiger partial charge in [0, 0.05) is 52.0 Å². The van der Waals surface area contributed by atoms with Gasteiger partial charge in [0.05, 0.1) is 0 Å². The number of halogens is 1. The van der Waals surface area contributed by atoms with Gasteiger partial charge in [-0.15, -0.1) is 0 Å². The Morgan fingerprint density at radius 1 is 0.765 bits per heavy atom. The molecule has 3 aliphatic rings. The van der Waals surface area contributed by atoms with E-state index in [1.807, 2.05) is 36.4 Å². The summed E-state index contributed by atoms with van der Waals surface area (Å²) < 4.78 is 0. The zero-order valence-corrected chi connectivity index (χ0v) is 20.9. The predicted molar refractivity (Wildman–Crippen MR) is 135 cm³/mol. The van der Waals surface area contributed by atoms with Gasteiger partial charge in [-0.25, -0.2) is 0 Å². The van der Waals surface area contributed by atoms with Gasteiger partial charge in [0.1, 0.15) is 5.75 Å². The van der Waals surface area contributed by atoms with Crippen LogP contribution >= 0.6 is 11.6 Å². The zero-order chi connectivity index (χ0) is 24.4. The lowest BCUT2D eigenvalue weighted by atomic mass is 9.63. The number of carbonyl (C=O) groups excluding carboxylic acids is 2. The maximum Gasteiger partial charge on any atom is 0.162 e. The van der Waals surface area contributed by atoms with Crippen LogP contribution in [0.1, 0.15) is 64.9 Å². The summed E-state index contributed by atoms with van der Waals surface area (Å²) >= 11 is 6.21. The third-order valence-corrected chi connectivity index (χ3v) is 7.47. The molecular formula is C29H30ClNO3. The van der Waals surface area contributed by atoms with Crippen LogP contribution in [0, 0.1) is 10.8 Å². The van der Waals surface area contributed by atoms with E-state index in [1.165, 1.54) is 0 Å². The van der Waals surface area contributed by atoms with Crippen LogP contribution in [0.2, 0.25) is 5.02 Å². The van der Waals surface area contributed by atoms with E-state index < -0.39 is 5.92 Å². The number of benzene rings is 2. The van der Waals surface area contributed by atoms with Crippen molar-refractivity contribution in [3.8, 4) is 5.75 Å². The Morgan fingerprint density at radius 3 is 1.71 bits per heavy atom. The van der Waals surface area contributed by atoms with E-state index in [0.717, 1.165) is 35.5 Å². The van der Waals surface area contributed by atoms with Gasteiger partial charge >= 0.3 is 0 Å². The monoisotopic (exact) mass is 475 g/mol. The zero-order valence-electron chi connectivity index (χ0n) is 20.1. The highest BCUT2D eigenvalue weighted by Crippen LogP contribution is 2.55. The number of Topliss-reactive ketones (excluding diaryl/α,β-unsaturated/α-hetero) is 2. The number of hydrogen-bond donors (Lipinski definition) is 1. The largest absolute Gasteiger partial charge is 0.508 e. The number of hydrogen-bond acceptors (Lipinski definition) is 4. The highest BCUT2D eigenvalue weighted by Gasteiger charge is 2.49. The number of phenols is 1. The fourth-order valence-electron chi connectivity index (χ4n) is 5.87. The Bertz CT molecular complexity index is 1200.